The van der Waals surface area contributed by atoms with E-state index in [-0.39, 0.29) is 12.4 Å². The molecule has 0 aliphatic rings. The Kier molecular flexibility index (Phi) is 4.01. The van der Waals surface area contributed by atoms with E-state index in [1.54, 1.807) is 19.1 Å². The van der Waals surface area contributed by atoms with Gasteiger partial charge in [-0.2, -0.15) is 0 Å². The summed E-state index contributed by atoms with van der Waals surface area (Å²) in [5.74, 6) is 0.714. The third kappa shape index (κ3) is 2.91. The van der Waals surface area contributed by atoms with Crippen LogP contribution >= 0.6 is 11.3 Å². The quantitative estimate of drug-likeness (QED) is 0.805. The summed E-state index contributed by atoms with van der Waals surface area (Å²) in [6, 6.07) is 5.47. The Bertz CT molecular complexity index is 554. The number of aliphatic hydroxyl groups excluding tert-OH is 1. The summed E-state index contributed by atoms with van der Waals surface area (Å²) in [5, 5.41) is 11.7. The molecule has 0 spiro atoms. The zero-order valence-electron chi connectivity index (χ0n) is 9.88. The second kappa shape index (κ2) is 5.70. The van der Waals surface area contributed by atoms with Crippen molar-refractivity contribution >= 4 is 22.9 Å². The molecule has 2 aromatic heterocycles. The summed E-state index contributed by atoms with van der Waals surface area (Å²) >= 11 is 1.41. The van der Waals surface area contributed by atoms with E-state index in [0.717, 1.165) is 10.6 Å². The number of thiophene rings is 1. The number of aromatic nitrogens is 2. The molecule has 0 unspecified atom stereocenters. The van der Waals surface area contributed by atoms with Crippen LogP contribution in [-0.2, 0) is 0 Å². The highest BCUT2D eigenvalue weighted by Gasteiger charge is 2.08. The molecule has 0 saturated heterocycles. The van der Waals surface area contributed by atoms with E-state index >= 15 is 0 Å². The van der Waals surface area contributed by atoms with Crippen LogP contribution in [0, 0.1) is 0 Å². The second-order valence-electron chi connectivity index (χ2n) is 3.66. The highest BCUT2D eigenvalue weighted by atomic mass is 32.1. The summed E-state index contributed by atoms with van der Waals surface area (Å²) in [6.45, 7) is 2.04. The summed E-state index contributed by atoms with van der Waals surface area (Å²) in [6.07, 6.45) is 1.46. The van der Waals surface area contributed by atoms with Crippen molar-refractivity contribution in [1.82, 2.24) is 9.97 Å². The van der Waals surface area contributed by atoms with Gasteiger partial charge in [0.05, 0.1) is 22.1 Å². The fraction of sp³-hybridized carbons (Fsp3) is 0.250. The molecule has 0 radical (unpaired) electrons. The smallest absolute Gasteiger partial charge is 0.169 e. The van der Waals surface area contributed by atoms with Crippen LogP contribution in [0.5, 0.6) is 0 Å². The van der Waals surface area contributed by atoms with Gasteiger partial charge >= 0.3 is 0 Å². The lowest BCUT2D eigenvalue weighted by atomic mass is 10.3. The topological polar surface area (TPSA) is 75.1 Å². The monoisotopic (exact) mass is 263 g/mol. The molecule has 2 rings (SSSR count). The molecular weight excluding hydrogens is 250 g/mol. The van der Waals surface area contributed by atoms with Crippen molar-refractivity contribution in [3.05, 3.63) is 29.4 Å². The van der Waals surface area contributed by atoms with Crippen molar-refractivity contribution in [2.45, 2.75) is 6.92 Å². The minimum absolute atomic E-state index is 0.0484. The molecule has 0 aliphatic carbocycles. The first-order valence-electron chi connectivity index (χ1n) is 5.48. The molecule has 5 nitrogen and oxygen atoms in total. The molecule has 2 heterocycles. The Morgan fingerprint density at radius 2 is 2.28 bits per heavy atom. The van der Waals surface area contributed by atoms with Crippen LogP contribution in [-0.4, -0.2) is 34.0 Å². The van der Waals surface area contributed by atoms with Crippen LogP contribution < -0.4 is 5.32 Å². The number of nitrogens with one attached hydrogen (secondary N) is 1. The van der Waals surface area contributed by atoms with Crippen molar-refractivity contribution < 1.29 is 9.90 Å². The number of hydrogen-bond acceptors (Lipinski definition) is 6. The van der Waals surface area contributed by atoms with E-state index in [9.17, 15) is 4.79 Å². The number of ketones is 1. The SMILES string of the molecule is CC(=O)c1ccc(-c2cc(NCCO)ncn2)s1. The van der Waals surface area contributed by atoms with Gasteiger partial charge in [0.2, 0.25) is 0 Å². The van der Waals surface area contributed by atoms with Gasteiger partial charge in [-0.05, 0) is 19.1 Å². The Hall–Kier alpha value is -1.79. The predicted molar refractivity (Wildman–Crippen MR) is 70.9 cm³/mol. The highest BCUT2D eigenvalue weighted by Crippen LogP contribution is 2.27. The number of Topliss-reactive ketones (excluding diaryl/α,β-unsaturated/α-hetero) is 1. The van der Waals surface area contributed by atoms with Crippen molar-refractivity contribution in [2.75, 3.05) is 18.5 Å². The third-order valence-corrected chi connectivity index (χ3v) is 3.50. The highest BCUT2D eigenvalue weighted by molar-refractivity contribution is 7.17. The van der Waals surface area contributed by atoms with Gasteiger partial charge in [0.1, 0.15) is 12.1 Å². The molecule has 0 aliphatic heterocycles. The van der Waals surface area contributed by atoms with Gasteiger partial charge < -0.3 is 10.4 Å². The predicted octanol–water partition coefficient (Wildman–Crippen LogP) is 1.81. The Balaban J connectivity index is 2.23. The van der Waals surface area contributed by atoms with E-state index in [2.05, 4.69) is 15.3 Å². The minimum atomic E-state index is 0.0484. The van der Waals surface area contributed by atoms with Crippen LogP contribution in [0.4, 0.5) is 5.82 Å². The van der Waals surface area contributed by atoms with E-state index < -0.39 is 0 Å². The summed E-state index contributed by atoms with van der Waals surface area (Å²) in [7, 11) is 0. The van der Waals surface area contributed by atoms with Crippen LogP contribution in [0.1, 0.15) is 16.6 Å². The largest absolute Gasteiger partial charge is 0.395 e. The van der Waals surface area contributed by atoms with E-state index in [1.807, 2.05) is 6.07 Å². The number of hydrogen-bond donors (Lipinski definition) is 2. The molecule has 0 fully saturated rings. The zero-order chi connectivity index (χ0) is 13.0. The Morgan fingerprint density at radius 3 is 2.94 bits per heavy atom. The fourth-order valence-corrected chi connectivity index (χ4v) is 2.31. The lowest BCUT2D eigenvalue weighted by Gasteiger charge is -2.03. The summed E-state index contributed by atoms with van der Waals surface area (Å²) < 4.78 is 0. The number of nitrogens with zero attached hydrogens (tertiary/aromatic N) is 2. The zero-order valence-corrected chi connectivity index (χ0v) is 10.7. The van der Waals surface area contributed by atoms with Crippen molar-refractivity contribution in [1.29, 1.82) is 0 Å². The molecule has 94 valence electrons. The molecule has 6 heteroatoms. The van der Waals surface area contributed by atoms with Gasteiger partial charge in [-0.15, -0.1) is 11.3 Å². The molecule has 0 aromatic carbocycles. The Labute approximate surface area is 109 Å². The average molecular weight is 263 g/mol. The number of carbonyl (C=O) groups excluding carboxylic acids is 1. The van der Waals surface area contributed by atoms with Crippen LogP contribution in [0.3, 0.4) is 0 Å². The van der Waals surface area contributed by atoms with Gasteiger partial charge in [0, 0.05) is 12.6 Å². The number of carbonyl (C=O) groups is 1. The fourth-order valence-electron chi connectivity index (χ4n) is 1.44. The number of anilines is 1. The van der Waals surface area contributed by atoms with Crippen LogP contribution in [0.2, 0.25) is 0 Å². The molecule has 0 amide bonds. The van der Waals surface area contributed by atoms with Gasteiger partial charge in [0.15, 0.2) is 5.78 Å². The first-order valence-corrected chi connectivity index (χ1v) is 6.30. The maximum Gasteiger partial charge on any atom is 0.169 e. The van der Waals surface area contributed by atoms with Gasteiger partial charge in [0.25, 0.3) is 0 Å². The lowest BCUT2D eigenvalue weighted by Crippen LogP contribution is -2.07. The first kappa shape index (κ1) is 12.7. The van der Waals surface area contributed by atoms with E-state index in [4.69, 9.17) is 5.11 Å². The van der Waals surface area contributed by atoms with Crippen LogP contribution in [0.15, 0.2) is 24.5 Å². The maximum absolute atomic E-state index is 11.2. The summed E-state index contributed by atoms with van der Waals surface area (Å²) in [4.78, 5) is 21.1. The molecule has 0 atom stereocenters. The molecular formula is C12H13N3O2S. The molecule has 0 saturated carbocycles. The van der Waals surface area contributed by atoms with Gasteiger partial charge in [-0.1, -0.05) is 0 Å². The number of aliphatic hydroxyl groups is 1. The van der Waals surface area contributed by atoms with Crippen molar-refractivity contribution in [3.63, 3.8) is 0 Å². The lowest BCUT2D eigenvalue weighted by molar-refractivity contribution is 0.102. The van der Waals surface area contributed by atoms with Crippen LogP contribution in [0.25, 0.3) is 10.6 Å². The molecule has 18 heavy (non-hydrogen) atoms. The van der Waals surface area contributed by atoms with Crippen molar-refractivity contribution in [2.24, 2.45) is 0 Å². The van der Waals surface area contributed by atoms with Crippen molar-refractivity contribution in [3.8, 4) is 10.6 Å². The van der Waals surface area contributed by atoms with Gasteiger partial charge in [-0.25, -0.2) is 9.97 Å². The average Bonchev–Trinajstić information content (AvgIpc) is 2.86. The normalized spacial score (nSPS) is 10.3. The first-order chi connectivity index (χ1) is 8.70. The maximum atomic E-state index is 11.2. The second-order valence-corrected chi connectivity index (χ2v) is 4.74. The minimum Gasteiger partial charge on any atom is -0.395 e. The standard InChI is InChI=1S/C12H13N3O2S/c1-8(17)10-2-3-11(18-10)9-6-12(13-4-5-16)15-7-14-9/h2-3,6-7,16H,4-5H2,1H3,(H,13,14,15). The molecule has 2 aromatic rings. The third-order valence-electron chi connectivity index (χ3n) is 2.29. The van der Waals surface area contributed by atoms with E-state index in [1.165, 1.54) is 17.7 Å². The molecule has 2 N–H and O–H groups in total. The van der Waals surface area contributed by atoms with E-state index in [0.29, 0.717) is 17.2 Å². The summed E-state index contributed by atoms with van der Waals surface area (Å²) in [5.41, 5.74) is 0.767. The number of rotatable bonds is 5. The Morgan fingerprint density at radius 1 is 1.44 bits per heavy atom. The molecule has 0 bridgehead atoms. The van der Waals surface area contributed by atoms with Gasteiger partial charge in [-0.3, -0.25) is 4.79 Å².